The number of aryl methyl sites for hydroxylation is 2. The van der Waals surface area contributed by atoms with Gasteiger partial charge in [-0.05, 0) is 61.1 Å². The van der Waals surface area contributed by atoms with E-state index in [0.717, 1.165) is 64.7 Å². The predicted molar refractivity (Wildman–Crippen MR) is 186 cm³/mol. The van der Waals surface area contributed by atoms with E-state index in [1.165, 1.54) is 0 Å². The Labute approximate surface area is 278 Å². The van der Waals surface area contributed by atoms with E-state index in [1.54, 1.807) is 17.2 Å². The molecule has 1 saturated carbocycles. The highest BCUT2D eigenvalue weighted by Gasteiger charge is 2.30. The van der Waals surface area contributed by atoms with Gasteiger partial charge in [0.2, 0.25) is 5.95 Å². The Balaban J connectivity index is 1.07. The Morgan fingerprint density at radius 2 is 1.71 bits per heavy atom. The van der Waals surface area contributed by atoms with Gasteiger partial charge in [-0.25, -0.2) is 19.7 Å². The van der Waals surface area contributed by atoms with Crippen LogP contribution >= 0.6 is 0 Å². The molecule has 1 aliphatic carbocycles. The van der Waals surface area contributed by atoms with Crippen LogP contribution < -0.4 is 15.5 Å². The molecule has 48 heavy (non-hydrogen) atoms. The minimum absolute atomic E-state index is 0.0196. The fourth-order valence-electron chi connectivity index (χ4n) is 6.42. The van der Waals surface area contributed by atoms with Gasteiger partial charge in [0.25, 0.3) is 0 Å². The number of imidazole rings is 1. The van der Waals surface area contributed by atoms with Crippen LogP contribution in [-0.4, -0.2) is 47.4 Å². The standard InChI is InChI=1S/C37H36N10O/c1-45-24-41-33-17-10-27(18-34(33)45)35-28(19-38)21-39-36(44-35)43-30-11-15-32(16-12-30)47(37(48)40-20-25-6-4-3-5-7-25)31-13-8-26(9-14-31)29-22-42-46(2)23-29/h3-10,13-14,17-18,21-24,30,32H,11-12,15-16,20H2,1-2H3,(H,40,48)(H,39,43,44)/t30-,32-. The molecule has 3 aromatic carbocycles. The van der Waals surface area contributed by atoms with Crippen LogP contribution in [0.4, 0.5) is 16.4 Å². The van der Waals surface area contributed by atoms with Crippen molar-refractivity contribution in [1.29, 1.82) is 5.26 Å². The smallest absolute Gasteiger partial charge is 0.322 e. The molecule has 3 aromatic heterocycles. The normalized spacial score (nSPS) is 15.9. The lowest BCUT2D eigenvalue weighted by molar-refractivity contribution is 0.240. The monoisotopic (exact) mass is 636 g/mol. The number of benzene rings is 3. The largest absolute Gasteiger partial charge is 0.351 e. The van der Waals surface area contributed by atoms with Crippen molar-refractivity contribution in [3.05, 3.63) is 109 Å². The minimum Gasteiger partial charge on any atom is -0.351 e. The number of rotatable bonds is 8. The van der Waals surface area contributed by atoms with E-state index in [9.17, 15) is 10.1 Å². The lowest BCUT2D eigenvalue weighted by atomic mass is 9.90. The third-order valence-electron chi connectivity index (χ3n) is 8.99. The third kappa shape index (κ3) is 6.46. The summed E-state index contributed by atoms with van der Waals surface area (Å²) >= 11 is 0. The molecule has 1 aliphatic rings. The van der Waals surface area contributed by atoms with E-state index in [1.807, 2.05) is 109 Å². The molecular formula is C37H36N10O. The average molecular weight is 637 g/mol. The molecule has 11 heteroatoms. The van der Waals surface area contributed by atoms with E-state index >= 15 is 0 Å². The molecule has 0 unspecified atom stereocenters. The quantitative estimate of drug-likeness (QED) is 0.197. The van der Waals surface area contributed by atoms with Gasteiger partial charge in [0, 0.05) is 55.7 Å². The zero-order valence-corrected chi connectivity index (χ0v) is 26.9. The maximum Gasteiger partial charge on any atom is 0.322 e. The number of aromatic nitrogens is 6. The average Bonchev–Trinajstić information content (AvgIpc) is 3.73. The van der Waals surface area contributed by atoms with Gasteiger partial charge < -0.3 is 15.2 Å². The molecule has 0 bridgehead atoms. The number of amides is 2. The van der Waals surface area contributed by atoms with Crippen molar-refractivity contribution in [2.75, 3.05) is 10.2 Å². The lowest BCUT2D eigenvalue weighted by Crippen LogP contribution is -2.48. The van der Waals surface area contributed by atoms with Crippen molar-refractivity contribution in [2.24, 2.45) is 14.1 Å². The summed E-state index contributed by atoms with van der Waals surface area (Å²) in [4.78, 5) is 29.4. The van der Waals surface area contributed by atoms with Crippen LogP contribution in [0.2, 0.25) is 0 Å². The summed E-state index contributed by atoms with van der Waals surface area (Å²) in [5, 5.41) is 20.8. The van der Waals surface area contributed by atoms with Crippen LogP contribution in [0.5, 0.6) is 0 Å². The van der Waals surface area contributed by atoms with Gasteiger partial charge >= 0.3 is 6.03 Å². The topological polar surface area (TPSA) is 130 Å². The fourth-order valence-corrected chi connectivity index (χ4v) is 6.42. The van der Waals surface area contributed by atoms with Crippen LogP contribution in [-0.2, 0) is 20.6 Å². The van der Waals surface area contributed by atoms with Crippen molar-refractivity contribution in [1.82, 2.24) is 34.6 Å². The van der Waals surface area contributed by atoms with E-state index in [-0.39, 0.29) is 18.1 Å². The number of nitrogens with zero attached hydrogens (tertiary/aromatic N) is 8. The van der Waals surface area contributed by atoms with Gasteiger partial charge in [0.15, 0.2) is 0 Å². The first-order valence-electron chi connectivity index (χ1n) is 16.1. The fraction of sp³-hybridized carbons (Fsp3) is 0.243. The van der Waals surface area contributed by atoms with Crippen molar-refractivity contribution < 1.29 is 4.79 Å². The molecule has 0 radical (unpaired) electrons. The summed E-state index contributed by atoms with van der Waals surface area (Å²) in [5.74, 6) is 0.487. The Hall–Kier alpha value is -6.02. The first kappa shape index (κ1) is 30.6. The molecule has 7 rings (SSSR count). The number of nitriles is 1. The maximum atomic E-state index is 13.8. The second-order valence-electron chi connectivity index (χ2n) is 12.2. The van der Waals surface area contributed by atoms with Crippen molar-refractivity contribution >= 4 is 28.7 Å². The van der Waals surface area contributed by atoms with E-state index < -0.39 is 0 Å². The maximum absolute atomic E-state index is 13.8. The molecule has 2 N–H and O–H groups in total. The summed E-state index contributed by atoms with van der Waals surface area (Å²) in [5.41, 5.74) is 7.67. The highest BCUT2D eigenvalue weighted by atomic mass is 16.2. The lowest BCUT2D eigenvalue weighted by Gasteiger charge is -2.37. The van der Waals surface area contributed by atoms with Crippen molar-refractivity contribution in [2.45, 2.75) is 44.3 Å². The summed E-state index contributed by atoms with van der Waals surface area (Å²) in [6.45, 7) is 0.451. The second-order valence-corrected chi connectivity index (χ2v) is 12.2. The van der Waals surface area contributed by atoms with Gasteiger partial charge in [-0.15, -0.1) is 0 Å². The highest BCUT2D eigenvalue weighted by molar-refractivity contribution is 5.93. The highest BCUT2D eigenvalue weighted by Crippen LogP contribution is 2.32. The predicted octanol–water partition coefficient (Wildman–Crippen LogP) is 6.44. The second kappa shape index (κ2) is 13.4. The van der Waals surface area contributed by atoms with Gasteiger partial charge in [0.05, 0.1) is 41.0 Å². The molecular weight excluding hydrogens is 600 g/mol. The van der Waals surface area contributed by atoms with Gasteiger partial charge in [-0.1, -0.05) is 48.5 Å². The number of urea groups is 1. The number of fused-ring (bicyclic) bond motifs is 1. The van der Waals surface area contributed by atoms with Crippen molar-refractivity contribution in [3.63, 3.8) is 0 Å². The summed E-state index contributed by atoms with van der Waals surface area (Å²) in [6.07, 6.45) is 10.5. The first-order valence-corrected chi connectivity index (χ1v) is 16.1. The van der Waals surface area contributed by atoms with Crippen LogP contribution in [0.1, 0.15) is 36.8 Å². The molecule has 2 amide bonds. The molecule has 0 aliphatic heterocycles. The molecule has 11 nitrogen and oxygen atoms in total. The van der Waals surface area contributed by atoms with Crippen LogP contribution in [0.25, 0.3) is 33.4 Å². The number of hydrogen-bond donors (Lipinski definition) is 2. The Bertz CT molecular complexity index is 2090. The van der Waals surface area contributed by atoms with Gasteiger partial charge in [-0.3, -0.25) is 9.58 Å². The van der Waals surface area contributed by atoms with Crippen LogP contribution in [0, 0.1) is 11.3 Å². The zero-order chi connectivity index (χ0) is 33.0. The van der Waals surface area contributed by atoms with Crippen LogP contribution in [0.3, 0.4) is 0 Å². The minimum atomic E-state index is -0.116. The zero-order valence-electron chi connectivity index (χ0n) is 26.9. The summed E-state index contributed by atoms with van der Waals surface area (Å²) in [7, 11) is 3.84. The molecule has 0 atom stereocenters. The Morgan fingerprint density at radius 3 is 2.44 bits per heavy atom. The molecule has 240 valence electrons. The molecule has 1 fully saturated rings. The van der Waals surface area contributed by atoms with E-state index in [4.69, 9.17) is 4.98 Å². The van der Waals surface area contributed by atoms with Gasteiger partial charge in [0.1, 0.15) is 6.07 Å². The number of carbonyl (C=O) groups excluding carboxylic acids is 1. The molecule has 3 heterocycles. The third-order valence-corrected chi connectivity index (χ3v) is 8.99. The molecule has 0 spiro atoms. The van der Waals surface area contributed by atoms with E-state index in [2.05, 4.69) is 31.8 Å². The van der Waals surface area contributed by atoms with E-state index in [0.29, 0.717) is 23.8 Å². The number of anilines is 2. The van der Waals surface area contributed by atoms with Crippen LogP contribution in [0.15, 0.2) is 97.7 Å². The SMILES string of the molecule is Cn1cc(-c2ccc(N(C(=O)NCc3ccccc3)[C@H]3CC[C@H](Nc4ncc(C#N)c(-c5ccc6ncn(C)c6c5)n4)CC3)cc2)cn1. The van der Waals surface area contributed by atoms with Gasteiger partial charge in [-0.2, -0.15) is 10.4 Å². The number of carbonyl (C=O) groups is 1. The number of hydrogen-bond acceptors (Lipinski definition) is 7. The Kier molecular flexibility index (Phi) is 8.53. The molecule has 6 aromatic rings. The number of nitrogens with one attached hydrogen (secondary N) is 2. The summed E-state index contributed by atoms with van der Waals surface area (Å²) in [6, 6.07) is 26.2. The van der Waals surface area contributed by atoms with Crippen molar-refractivity contribution in [3.8, 4) is 28.5 Å². The Morgan fingerprint density at radius 1 is 0.938 bits per heavy atom. The summed E-state index contributed by atoms with van der Waals surface area (Å²) < 4.78 is 3.73. The first-order chi connectivity index (χ1) is 23.4. The molecule has 0 saturated heterocycles.